The van der Waals surface area contributed by atoms with Gasteiger partial charge in [-0.2, -0.15) is 20.7 Å². The highest BCUT2D eigenvalue weighted by atomic mass is 35.5. The summed E-state index contributed by atoms with van der Waals surface area (Å²) in [5, 5.41) is 25.3. The Hall–Kier alpha value is -3.78. The summed E-state index contributed by atoms with van der Waals surface area (Å²) in [5.74, 6) is -0.0876. The van der Waals surface area contributed by atoms with Crippen LogP contribution in [0.2, 0.25) is 5.02 Å². The number of hydrogen-bond acceptors (Lipinski definition) is 8. The number of anilines is 1. The summed E-state index contributed by atoms with van der Waals surface area (Å²) in [4.78, 5) is 12.8. The number of phenolic OH excluding ortho intramolecular Hbond substituents is 1. The maximum absolute atomic E-state index is 12.4. The monoisotopic (exact) mass is 469 g/mol. The first-order valence-electron chi connectivity index (χ1n) is 9.03. The van der Waals surface area contributed by atoms with Crippen molar-refractivity contribution in [2.24, 2.45) is 5.22 Å². The Balaban J connectivity index is 1.81. The van der Waals surface area contributed by atoms with Crippen LogP contribution >= 0.6 is 23.6 Å². The van der Waals surface area contributed by atoms with E-state index in [4.69, 9.17) is 31.4 Å². The van der Waals surface area contributed by atoms with Gasteiger partial charge in [-0.05, 0) is 42.0 Å². The summed E-state index contributed by atoms with van der Waals surface area (Å²) < 4.78 is 10.7. The quantitative estimate of drug-likeness (QED) is 0.143. The fraction of sp³-hybridized carbons (Fsp3) is 0.0476. The molecule has 0 heterocycles. The number of nitrogens with zero attached hydrogens (tertiary/aromatic N) is 2. The Labute approximate surface area is 192 Å². The minimum Gasteiger partial charge on any atom is -0.504 e. The second kappa shape index (κ2) is 11.0. The molecule has 0 aliphatic carbocycles. The Kier molecular flexibility index (Phi) is 7.88. The van der Waals surface area contributed by atoms with Crippen molar-refractivity contribution in [3.8, 4) is 23.3 Å². The summed E-state index contributed by atoms with van der Waals surface area (Å²) in [6.07, 6.45) is 0.0883. The zero-order valence-corrected chi connectivity index (χ0v) is 17.9. The summed E-state index contributed by atoms with van der Waals surface area (Å²) in [5.41, 5.74) is 10.2. The van der Waals surface area contributed by atoms with Gasteiger partial charge in [-0.1, -0.05) is 35.0 Å². The summed E-state index contributed by atoms with van der Waals surface area (Å²) >= 11 is 6.90. The SMILES string of the molecule is N#Cc1ccc(O)c(Oc2ccc(NC(=O)Cc3ccccc3Cl)cc2SONN=N)c1. The molecule has 1 amide bonds. The van der Waals surface area contributed by atoms with Crippen LogP contribution < -0.4 is 15.6 Å². The van der Waals surface area contributed by atoms with Gasteiger partial charge in [0.05, 0.1) is 35.0 Å². The average molecular weight is 470 g/mol. The largest absolute Gasteiger partial charge is 0.504 e. The maximum atomic E-state index is 12.4. The van der Waals surface area contributed by atoms with E-state index >= 15 is 0 Å². The van der Waals surface area contributed by atoms with Crippen LogP contribution in [0.15, 0.2) is 70.8 Å². The van der Waals surface area contributed by atoms with Crippen molar-refractivity contribution >= 4 is 35.2 Å². The van der Waals surface area contributed by atoms with E-state index < -0.39 is 0 Å². The van der Waals surface area contributed by atoms with Crippen molar-refractivity contribution in [3.05, 3.63) is 76.8 Å². The molecule has 9 nitrogen and oxygen atoms in total. The highest BCUT2D eigenvalue weighted by Gasteiger charge is 2.14. The van der Waals surface area contributed by atoms with Gasteiger partial charge in [-0.15, -0.1) is 0 Å². The minimum atomic E-state index is -0.276. The summed E-state index contributed by atoms with van der Waals surface area (Å²) in [7, 11) is 0. The molecular weight excluding hydrogens is 454 g/mol. The Morgan fingerprint density at radius 1 is 1.19 bits per heavy atom. The van der Waals surface area contributed by atoms with Gasteiger partial charge in [-0.25, -0.2) is 0 Å². The van der Waals surface area contributed by atoms with E-state index in [1.165, 1.54) is 18.2 Å². The number of amides is 1. The second-order valence-electron chi connectivity index (χ2n) is 6.24. The third-order valence-corrected chi connectivity index (χ3v) is 5.08. The zero-order valence-electron chi connectivity index (χ0n) is 16.3. The molecule has 0 aliphatic rings. The second-order valence-corrected chi connectivity index (χ2v) is 7.42. The molecule has 0 saturated heterocycles. The van der Waals surface area contributed by atoms with Crippen LogP contribution in [0.4, 0.5) is 5.69 Å². The molecule has 0 unspecified atom stereocenters. The van der Waals surface area contributed by atoms with E-state index in [1.54, 1.807) is 42.5 Å². The van der Waals surface area contributed by atoms with E-state index in [-0.39, 0.29) is 29.6 Å². The minimum absolute atomic E-state index is 0.0690. The number of ether oxygens (including phenoxy) is 1. The average Bonchev–Trinajstić information content (AvgIpc) is 2.78. The molecule has 4 N–H and O–H groups in total. The van der Waals surface area contributed by atoms with Crippen molar-refractivity contribution in [2.45, 2.75) is 11.3 Å². The van der Waals surface area contributed by atoms with Gasteiger partial charge in [-0.3, -0.25) is 4.79 Å². The molecule has 162 valence electrons. The molecule has 3 aromatic carbocycles. The number of rotatable bonds is 9. The van der Waals surface area contributed by atoms with Crippen molar-refractivity contribution in [2.75, 3.05) is 5.32 Å². The van der Waals surface area contributed by atoms with Gasteiger partial charge < -0.3 is 15.2 Å². The van der Waals surface area contributed by atoms with Gasteiger partial charge >= 0.3 is 0 Å². The number of nitrogens with one attached hydrogen (secondary N) is 3. The molecule has 11 heteroatoms. The lowest BCUT2D eigenvalue weighted by Gasteiger charge is -2.13. The number of hydrogen-bond donors (Lipinski definition) is 4. The predicted molar refractivity (Wildman–Crippen MR) is 118 cm³/mol. The summed E-state index contributed by atoms with van der Waals surface area (Å²) in [6.45, 7) is 0. The lowest BCUT2D eigenvalue weighted by Crippen LogP contribution is -2.14. The number of carbonyl (C=O) groups is 1. The van der Waals surface area contributed by atoms with Crippen LogP contribution in [-0.4, -0.2) is 11.0 Å². The Bertz CT molecular complexity index is 1190. The Morgan fingerprint density at radius 3 is 2.75 bits per heavy atom. The summed E-state index contributed by atoms with van der Waals surface area (Å²) in [6, 6.07) is 18.0. The molecule has 0 fully saturated rings. The third-order valence-electron chi connectivity index (χ3n) is 4.06. The van der Waals surface area contributed by atoms with E-state index in [9.17, 15) is 9.90 Å². The van der Waals surface area contributed by atoms with E-state index in [0.717, 1.165) is 12.0 Å². The highest BCUT2D eigenvalue weighted by molar-refractivity contribution is 7.94. The predicted octanol–water partition coefficient (Wildman–Crippen LogP) is 5.37. The van der Waals surface area contributed by atoms with Gasteiger partial charge in [0.15, 0.2) is 11.5 Å². The van der Waals surface area contributed by atoms with Crippen molar-refractivity contribution in [3.63, 3.8) is 0 Å². The first kappa shape index (κ1) is 22.9. The third kappa shape index (κ3) is 6.12. The lowest BCUT2D eigenvalue weighted by molar-refractivity contribution is -0.115. The first-order chi connectivity index (χ1) is 15.5. The molecule has 0 bridgehead atoms. The molecule has 3 aromatic rings. The van der Waals surface area contributed by atoms with Gasteiger partial charge in [0.1, 0.15) is 5.75 Å². The topological polar surface area (TPSA) is 140 Å². The molecule has 0 aliphatic heterocycles. The molecule has 0 radical (unpaired) electrons. The van der Waals surface area contributed by atoms with Crippen LogP contribution in [0, 0.1) is 16.9 Å². The highest BCUT2D eigenvalue weighted by Crippen LogP contribution is 2.38. The fourth-order valence-electron chi connectivity index (χ4n) is 2.62. The van der Waals surface area contributed by atoms with Crippen LogP contribution in [0.5, 0.6) is 17.2 Å². The lowest BCUT2D eigenvalue weighted by atomic mass is 10.1. The number of carbonyl (C=O) groups excluding carboxylic acids is 1. The number of aromatic hydroxyl groups is 1. The Morgan fingerprint density at radius 2 is 2.00 bits per heavy atom. The van der Waals surface area contributed by atoms with E-state index in [0.29, 0.717) is 26.7 Å². The van der Waals surface area contributed by atoms with Crippen molar-refractivity contribution in [1.29, 1.82) is 10.8 Å². The van der Waals surface area contributed by atoms with Crippen LogP contribution in [0.25, 0.3) is 0 Å². The van der Waals surface area contributed by atoms with E-state index in [2.05, 4.69) is 10.5 Å². The zero-order chi connectivity index (χ0) is 22.9. The number of phenols is 1. The van der Waals surface area contributed by atoms with Gasteiger partial charge in [0, 0.05) is 16.8 Å². The fourth-order valence-corrected chi connectivity index (χ4v) is 3.36. The van der Waals surface area contributed by atoms with Gasteiger partial charge in [0.25, 0.3) is 0 Å². The maximum Gasteiger partial charge on any atom is 0.228 e. The molecular formula is C21H16ClN5O4S. The molecule has 0 aromatic heterocycles. The van der Waals surface area contributed by atoms with Gasteiger partial charge in [0.2, 0.25) is 5.91 Å². The number of benzene rings is 3. The van der Waals surface area contributed by atoms with Crippen LogP contribution in [0.1, 0.15) is 11.1 Å². The normalized spacial score (nSPS) is 10.1. The molecule has 32 heavy (non-hydrogen) atoms. The van der Waals surface area contributed by atoms with Crippen LogP contribution in [-0.2, 0) is 15.5 Å². The molecule has 0 saturated carbocycles. The first-order valence-corrected chi connectivity index (χ1v) is 10.2. The molecule has 0 atom stereocenters. The molecule has 3 rings (SSSR count). The number of nitriles is 1. The molecule has 0 spiro atoms. The number of halogens is 1. The smallest absolute Gasteiger partial charge is 0.228 e. The van der Waals surface area contributed by atoms with E-state index in [1.807, 2.05) is 11.7 Å². The van der Waals surface area contributed by atoms with Crippen molar-refractivity contribution in [1.82, 2.24) is 5.59 Å². The van der Waals surface area contributed by atoms with Crippen LogP contribution in [0.3, 0.4) is 0 Å². The van der Waals surface area contributed by atoms with Crippen molar-refractivity contribution < 1.29 is 18.9 Å². The standard InChI is InChI=1S/C21H16ClN5O4S/c22-16-4-2-1-3-14(16)10-21(29)25-15-6-8-18(20(11-15)32-31-27-26-24)30-19-9-13(12-23)5-7-17(19)28/h1-9,11,28H,10H2,(H2,24,27)(H,25,29).